The Balaban J connectivity index is 1.73. The van der Waals surface area contributed by atoms with E-state index in [1.807, 2.05) is 0 Å². The van der Waals surface area contributed by atoms with Gasteiger partial charge in [0.05, 0.1) is 0 Å². The van der Waals surface area contributed by atoms with Gasteiger partial charge in [-0.2, -0.15) is 0 Å². The van der Waals surface area contributed by atoms with E-state index in [4.69, 9.17) is 5.73 Å². The molecule has 4 N–H and O–H groups in total. The van der Waals surface area contributed by atoms with Crippen molar-refractivity contribution in [2.24, 2.45) is 0 Å². The number of ketones is 1. The maximum absolute atomic E-state index is 12.5. The van der Waals surface area contributed by atoms with Crippen LogP contribution < -0.4 is 11.1 Å². The van der Waals surface area contributed by atoms with Crippen molar-refractivity contribution in [3.63, 3.8) is 0 Å². The molecule has 1 fully saturated rings. The summed E-state index contributed by atoms with van der Waals surface area (Å²) < 4.78 is 0. The van der Waals surface area contributed by atoms with Crippen molar-refractivity contribution < 1.29 is 29.1 Å². The smallest absolute Gasteiger partial charge is 0.352 e. The van der Waals surface area contributed by atoms with Crippen LogP contribution in [0.3, 0.4) is 0 Å². The number of hydrogen-bond acceptors (Lipinski definition) is 10. The Morgan fingerprint density at radius 3 is 2.71 bits per heavy atom. The third-order valence-corrected chi connectivity index (χ3v) is 6.86. The Morgan fingerprint density at radius 2 is 2.14 bits per heavy atom. The van der Waals surface area contributed by atoms with E-state index in [2.05, 4.69) is 10.3 Å². The van der Waals surface area contributed by atoms with Crippen LogP contribution in [0.4, 0.5) is 5.13 Å². The highest BCUT2D eigenvalue weighted by Crippen LogP contribution is 2.41. The van der Waals surface area contributed by atoms with Gasteiger partial charge in [0.2, 0.25) is 0 Å². The van der Waals surface area contributed by atoms with Crippen molar-refractivity contribution in [1.82, 2.24) is 15.2 Å². The van der Waals surface area contributed by atoms with Crippen LogP contribution in [0.2, 0.25) is 0 Å². The zero-order valence-electron chi connectivity index (χ0n) is 14.3. The zero-order valence-corrected chi connectivity index (χ0v) is 16.8. The number of fused-ring (bicyclic) bond motifs is 1. The van der Waals surface area contributed by atoms with Gasteiger partial charge in [-0.15, -0.1) is 23.1 Å². The molecule has 3 heterocycles. The highest BCUT2D eigenvalue weighted by molar-refractivity contribution is 8.13. The third-order valence-electron chi connectivity index (χ3n) is 3.95. The Hall–Kier alpha value is -2.38. The van der Waals surface area contributed by atoms with Gasteiger partial charge in [0.25, 0.3) is 17.6 Å². The van der Waals surface area contributed by atoms with Gasteiger partial charge in [-0.25, -0.2) is 9.78 Å². The van der Waals surface area contributed by atoms with E-state index >= 15 is 0 Å². The third kappa shape index (κ3) is 3.77. The number of nitrogens with zero attached hydrogens (tertiary/aromatic N) is 2. The molecular weight excluding hydrogens is 428 g/mol. The summed E-state index contributed by atoms with van der Waals surface area (Å²) in [7, 11) is 0. The number of amides is 2. The van der Waals surface area contributed by atoms with Crippen LogP contribution >= 0.6 is 34.9 Å². The van der Waals surface area contributed by atoms with Crippen LogP contribution in [0.5, 0.6) is 0 Å². The number of hydrogen-bond donors (Lipinski definition) is 3. The standard InChI is InChI=1S/C15H14N4O6S3/c1-5(20)26-2-6-3-27-13-8(12(23)19(13)9(6)14(24)25)18-11(22)10(21)7-4-28-15(16)17-7/h4,8,13H,2-3H2,1H3,(H2,16,17)(H,18,22)(H,24,25)/t8?,13-/m0/s1. The number of nitrogen functional groups attached to an aromatic ring is 1. The minimum Gasteiger partial charge on any atom is -0.477 e. The number of thioether (sulfide) groups is 2. The molecule has 2 aliphatic rings. The van der Waals surface area contributed by atoms with Crippen LogP contribution in [-0.4, -0.2) is 66.6 Å². The van der Waals surface area contributed by atoms with Gasteiger partial charge >= 0.3 is 5.97 Å². The molecule has 0 radical (unpaired) electrons. The van der Waals surface area contributed by atoms with E-state index in [9.17, 15) is 29.1 Å². The van der Waals surface area contributed by atoms with Gasteiger partial charge in [0.1, 0.15) is 22.8 Å². The zero-order chi connectivity index (χ0) is 20.6. The van der Waals surface area contributed by atoms with Crippen molar-refractivity contribution in [2.75, 3.05) is 17.2 Å². The molecule has 1 aromatic heterocycles. The highest BCUT2D eigenvalue weighted by atomic mass is 32.2. The van der Waals surface area contributed by atoms with Gasteiger partial charge in [-0.05, 0) is 5.57 Å². The van der Waals surface area contributed by atoms with E-state index in [1.165, 1.54) is 24.1 Å². The van der Waals surface area contributed by atoms with Gasteiger partial charge in [-0.3, -0.25) is 24.1 Å². The Morgan fingerprint density at radius 1 is 1.43 bits per heavy atom. The second-order valence-corrected chi connectivity index (χ2v) is 8.95. The number of aromatic nitrogens is 1. The van der Waals surface area contributed by atoms with E-state index in [0.29, 0.717) is 11.3 Å². The molecule has 2 aliphatic heterocycles. The van der Waals surface area contributed by atoms with E-state index in [0.717, 1.165) is 28.0 Å². The number of aliphatic carboxylic acids is 1. The molecule has 1 unspecified atom stereocenters. The summed E-state index contributed by atoms with van der Waals surface area (Å²) in [4.78, 5) is 64.3. The molecule has 13 heteroatoms. The summed E-state index contributed by atoms with van der Waals surface area (Å²) >= 11 is 3.23. The lowest BCUT2D eigenvalue weighted by Crippen LogP contribution is -2.71. The van der Waals surface area contributed by atoms with Crippen LogP contribution in [0.1, 0.15) is 17.4 Å². The highest BCUT2D eigenvalue weighted by Gasteiger charge is 2.54. The number of carboxylic acid groups (broad SMARTS) is 1. The monoisotopic (exact) mass is 442 g/mol. The normalized spacial score (nSPS) is 21.0. The first-order valence-corrected chi connectivity index (χ1v) is 10.7. The Bertz CT molecular complexity index is 927. The second kappa shape index (κ2) is 7.93. The van der Waals surface area contributed by atoms with Gasteiger partial charge in [-0.1, -0.05) is 11.8 Å². The molecule has 0 saturated carbocycles. The van der Waals surface area contributed by atoms with Crippen molar-refractivity contribution in [3.8, 4) is 0 Å². The number of rotatable bonds is 6. The fourth-order valence-electron chi connectivity index (χ4n) is 2.70. The number of Topliss-reactive ketones (excluding diaryl/α,β-unsaturated/α-hetero) is 1. The van der Waals surface area contributed by atoms with Crippen LogP contribution in [0.15, 0.2) is 16.7 Å². The lowest BCUT2D eigenvalue weighted by molar-refractivity contribution is -0.150. The Kier molecular flexibility index (Phi) is 5.76. The number of thiazole rings is 1. The predicted molar refractivity (Wildman–Crippen MR) is 104 cm³/mol. The number of carbonyl (C=O) groups is 5. The van der Waals surface area contributed by atoms with Crippen molar-refractivity contribution in [2.45, 2.75) is 18.3 Å². The predicted octanol–water partition coefficient (Wildman–Crippen LogP) is -0.0737. The van der Waals surface area contributed by atoms with E-state index in [-0.39, 0.29) is 27.4 Å². The molecular formula is C15H14N4O6S3. The van der Waals surface area contributed by atoms with Crippen molar-refractivity contribution >= 4 is 68.7 Å². The molecule has 10 nitrogen and oxygen atoms in total. The summed E-state index contributed by atoms with van der Waals surface area (Å²) in [5, 5.41) is 12.5. The fourth-order valence-corrected chi connectivity index (χ4v) is 5.33. The topological polar surface area (TPSA) is 160 Å². The molecule has 2 atom stereocenters. The molecule has 28 heavy (non-hydrogen) atoms. The van der Waals surface area contributed by atoms with Crippen LogP contribution in [-0.2, 0) is 19.2 Å². The largest absolute Gasteiger partial charge is 0.477 e. The summed E-state index contributed by atoms with van der Waals surface area (Å²) in [5.41, 5.74) is 5.61. The van der Waals surface area contributed by atoms with Gasteiger partial charge in [0, 0.05) is 23.8 Å². The van der Waals surface area contributed by atoms with Gasteiger partial charge < -0.3 is 16.2 Å². The first kappa shape index (κ1) is 20.4. The summed E-state index contributed by atoms with van der Waals surface area (Å²) in [6, 6.07) is -1.02. The Labute approximate surface area is 170 Å². The maximum Gasteiger partial charge on any atom is 0.352 e. The van der Waals surface area contributed by atoms with E-state index in [1.54, 1.807) is 0 Å². The summed E-state index contributed by atoms with van der Waals surface area (Å²) in [6.07, 6.45) is 0. The minimum atomic E-state index is -1.28. The molecule has 1 saturated heterocycles. The molecule has 0 bridgehead atoms. The summed E-state index contributed by atoms with van der Waals surface area (Å²) in [5.74, 6) is -3.38. The average molecular weight is 443 g/mol. The average Bonchev–Trinajstić information content (AvgIpc) is 3.08. The van der Waals surface area contributed by atoms with E-state index < -0.39 is 35.0 Å². The number of carbonyl (C=O) groups excluding carboxylic acids is 4. The van der Waals surface area contributed by atoms with Crippen LogP contribution in [0.25, 0.3) is 0 Å². The first-order valence-electron chi connectivity index (χ1n) is 7.80. The molecule has 2 amide bonds. The SMILES string of the molecule is CC(=O)SCC1=C(C(=O)O)N2C(=O)C(NC(=O)C(=O)c3csc(N)n3)[C@@H]2SC1. The molecule has 3 rings (SSSR count). The van der Waals surface area contributed by atoms with Crippen LogP contribution in [0, 0.1) is 0 Å². The second-order valence-electron chi connectivity index (χ2n) is 5.80. The number of carboxylic acids is 1. The van der Waals surface area contributed by atoms with Gasteiger partial charge in [0.15, 0.2) is 10.2 Å². The molecule has 1 aromatic rings. The summed E-state index contributed by atoms with van der Waals surface area (Å²) in [6.45, 7) is 1.37. The molecule has 0 aliphatic carbocycles. The molecule has 148 valence electrons. The quantitative estimate of drug-likeness (QED) is 0.309. The first-order chi connectivity index (χ1) is 13.2. The number of β-lactam (4-membered cyclic amide) rings is 1. The lowest BCUT2D eigenvalue weighted by Gasteiger charge is -2.49. The lowest BCUT2D eigenvalue weighted by atomic mass is 10.0. The number of nitrogens with two attached hydrogens (primary N) is 1. The fraction of sp³-hybridized carbons (Fsp3) is 0.333. The van der Waals surface area contributed by atoms with Crippen molar-refractivity contribution in [3.05, 3.63) is 22.3 Å². The number of nitrogens with one attached hydrogen (secondary N) is 1. The minimum absolute atomic E-state index is 0.116. The van der Waals surface area contributed by atoms with Crippen molar-refractivity contribution in [1.29, 1.82) is 0 Å². The number of anilines is 1. The molecule has 0 aromatic carbocycles. The molecule has 0 spiro atoms. The maximum atomic E-state index is 12.5.